The van der Waals surface area contributed by atoms with E-state index in [1.165, 1.54) is 5.56 Å². The number of benzene rings is 1. The Morgan fingerprint density at radius 1 is 1.31 bits per heavy atom. The molecule has 1 aromatic carbocycles. The normalized spacial score (nSPS) is 24.3. The molecule has 0 spiro atoms. The Morgan fingerprint density at radius 3 is 2.56 bits per heavy atom. The summed E-state index contributed by atoms with van der Waals surface area (Å²) in [6.07, 6.45) is 1.14. The van der Waals surface area contributed by atoms with Gasteiger partial charge in [-0.15, -0.1) is 0 Å². The molecule has 0 bridgehead atoms. The van der Waals surface area contributed by atoms with Gasteiger partial charge in [0.1, 0.15) is 0 Å². The molecule has 1 fully saturated rings. The molecule has 3 heteroatoms. The molecule has 1 aliphatic rings. The van der Waals surface area contributed by atoms with Gasteiger partial charge >= 0.3 is 108 Å². The predicted molar refractivity (Wildman–Crippen MR) is 68.2 cm³/mol. The Balaban J connectivity index is 2.11. The zero-order valence-corrected chi connectivity index (χ0v) is 13.1. The van der Waals surface area contributed by atoms with Gasteiger partial charge in [-0.1, -0.05) is 0 Å². The van der Waals surface area contributed by atoms with Crippen molar-refractivity contribution in [1.82, 2.24) is 5.32 Å². The molecule has 1 heterocycles. The summed E-state index contributed by atoms with van der Waals surface area (Å²) in [4.78, 5) is 2.34. The van der Waals surface area contributed by atoms with E-state index in [0.29, 0.717) is 0 Å². The molecule has 2 nitrogen and oxygen atoms in total. The first-order valence-corrected chi connectivity index (χ1v) is 10.1. The van der Waals surface area contributed by atoms with Crippen molar-refractivity contribution in [2.24, 2.45) is 0 Å². The average Bonchev–Trinajstić information content (AvgIpc) is 2.28. The fraction of sp³-hybridized carbons (Fsp3) is 0.538. The summed E-state index contributed by atoms with van der Waals surface area (Å²) in [6.45, 7) is 5.31. The molecular formula is C13H19NOSn. The summed E-state index contributed by atoms with van der Waals surface area (Å²) in [6, 6.07) is 8.93. The van der Waals surface area contributed by atoms with Gasteiger partial charge in [-0.25, -0.2) is 0 Å². The van der Waals surface area contributed by atoms with Crippen molar-refractivity contribution in [3.8, 4) is 0 Å². The quantitative estimate of drug-likeness (QED) is 0.839. The van der Waals surface area contributed by atoms with Gasteiger partial charge in [-0.3, -0.25) is 0 Å². The number of hydrogen-bond donors (Lipinski definition) is 1. The first kappa shape index (κ1) is 12.4. The number of ether oxygens (including phenoxy) is 1. The van der Waals surface area contributed by atoms with Gasteiger partial charge in [0, 0.05) is 0 Å². The fourth-order valence-electron chi connectivity index (χ4n) is 1.90. The van der Waals surface area contributed by atoms with Crippen molar-refractivity contribution in [2.75, 3.05) is 6.61 Å². The van der Waals surface area contributed by atoms with E-state index >= 15 is 0 Å². The van der Waals surface area contributed by atoms with E-state index in [4.69, 9.17) is 4.74 Å². The molecule has 1 saturated heterocycles. The second-order valence-corrected chi connectivity index (χ2v) is 7.98. The van der Waals surface area contributed by atoms with Crippen molar-refractivity contribution in [1.29, 1.82) is 0 Å². The zero-order valence-electron chi connectivity index (χ0n) is 10.2. The molecule has 0 aromatic heterocycles. The van der Waals surface area contributed by atoms with Crippen molar-refractivity contribution in [3.63, 3.8) is 0 Å². The van der Waals surface area contributed by atoms with Gasteiger partial charge in [-0.05, 0) is 0 Å². The predicted octanol–water partition coefficient (Wildman–Crippen LogP) is 1.85. The molecular weight excluding hydrogens is 305 g/mol. The topological polar surface area (TPSA) is 21.3 Å². The summed E-state index contributed by atoms with van der Waals surface area (Å²) in [7, 11) is 0. The second kappa shape index (κ2) is 5.06. The average molecular weight is 324 g/mol. The Hall–Kier alpha value is -0.0613. The molecule has 86 valence electrons. The van der Waals surface area contributed by atoms with Gasteiger partial charge in [-0.2, -0.15) is 0 Å². The summed E-state index contributed by atoms with van der Waals surface area (Å²) in [5.74, 6) is 0. The summed E-state index contributed by atoms with van der Waals surface area (Å²) in [5.41, 5.74) is 1.44. The molecule has 16 heavy (non-hydrogen) atoms. The number of rotatable bonds is 2. The van der Waals surface area contributed by atoms with Crippen LogP contribution in [-0.2, 0) is 4.74 Å². The van der Waals surface area contributed by atoms with Crippen molar-refractivity contribution < 1.29 is 4.74 Å². The van der Waals surface area contributed by atoms with Crippen LogP contribution in [0.4, 0.5) is 0 Å². The van der Waals surface area contributed by atoms with Crippen LogP contribution in [-0.4, -0.2) is 33.3 Å². The van der Waals surface area contributed by atoms with Gasteiger partial charge in [0.05, 0.1) is 0 Å². The minimum absolute atomic E-state index is 0.0695. The third-order valence-corrected chi connectivity index (χ3v) is 5.63. The molecule has 0 amide bonds. The van der Waals surface area contributed by atoms with E-state index in [2.05, 4.69) is 48.4 Å². The minimum atomic E-state index is -0.288. The third-order valence-electron chi connectivity index (χ3n) is 3.04. The van der Waals surface area contributed by atoms with E-state index in [-0.39, 0.29) is 32.9 Å². The molecule has 0 saturated carbocycles. The van der Waals surface area contributed by atoms with Crippen LogP contribution in [0, 0.1) is 0 Å². The fourth-order valence-corrected chi connectivity index (χ4v) is 3.33. The zero-order chi connectivity index (χ0) is 11.6. The van der Waals surface area contributed by atoms with Crippen molar-refractivity contribution in [3.05, 3.63) is 29.8 Å². The van der Waals surface area contributed by atoms with Crippen LogP contribution in [0.15, 0.2) is 24.3 Å². The van der Waals surface area contributed by atoms with Gasteiger partial charge in [0.2, 0.25) is 0 Å². The van der Waals surface area contributed by atoms with Crippen molar-refractivity contribution in [2.45, 2.75) is 37.0 Å². The molecule has 0 aliphatic carbocycles. The molecule has 1 unspecified atom stereocenters. The molecule has 1 aliphatic heterocycles. The number of hydrogen-bond acceptors (Lipinski definition) is 2. The van der Waals surface area contributed by atoms with Gasteiger partial charge in [0.25, 0.3) is 0 Å². The van der Waals surface area contributed by atoms with Crippen LogP contribution in [0.1, 0.15) is 32.1 Å². The second-order valence-electron chi connectivity index (χ2n) is 4.90. The molecule has 1 N–H and O–H groups in total. The van der Waals surface area contributed by atoms with Gasteiger partial charge in [0.15, 0.2) is 0 Å². The Morgan fingerprint density at radius 2 is 2.00 bits per heavy atom. The summed E-state index contributed by atoms with van der Waals surface area (Å²) < 4.78 is 7.32. The van der Waals surface area contributed by atoms with Crippen LogP contribution >= 0.6 is 0 Å². The van der Waals surface area contributed by atoms with Gasteiger partial charge < -0.3 is 0 Å². The first-order chi connectivity index (χ1) is 7.61. The standard InChI is InChI=1S/C12H16NO.CH3.Sn/c1-12(2)8-9-14-11(13-12)10-6-4-3-5-7-10;;/h4-7,11,13H,8-9H2,1-2H3;1H3;. The van der Waals surface area contributed by atoms with Crippen LogP contribution in [0.2, 0.25) is 4.94 Å². The van der Waals surface area contributed by atoms with E-state index in [1.807, 2.05) is 0 Å². The van der Waals surface area contributed by atoms with Crippen LogP contribution in [0.5, 0.6) is 0 Å². The molecule has 2 rings (SSSR count). The maximum absolute atomic E-state index is 5.78. The number of nitrogens with one attached hydrogen (secondary N) is 1. The Bertz CT molecular complexity index is 347. The molecule has 1 atom stereocenters. The SMILES string of the molecule is [CH3][Sn][c]1ccc(C2NC(C)(C)CCO2)cc1. The monoisotopic (exact) mass is 325 g/mol. The Labute approximate surface area is 108 Å². The Kier molecular flexibility index (Phi) is 3.92. The molecule has 2 radical (unpaired) electrons. The van der Waals surface area contributed by atoms with E-state index < -0.39 is 0 Å². The third kappa shape index (κ3) is 2.99. The van der Waals surface area contributed by atoms with Crippen LogP contribution < -0.4 is 8.90 Å². The van der Waals surface area contributed by atoms with E-state index in [0.717, 1.165) is 13.0 Å². The van der Waals surface area contributed by atoms with Crippen LogP contribution in [0.3, 0.4) is 0 Å². The van der Waals surface area contributed by atoms with E-state index in [1.54, 1.807) is 3.58 Å². The van der Waals surface area contributed by atoms with E-state index in [9.17, 15) is 0 Å². The van der Waals surface area contributed by atoms with Crippen molar-refractivity contribution >= 4 is 24.7 Å². The van der Waals surface area contributed by atoms with Crippen LogP contribution in [0.25, 0.3) is 0 Å². The summed E-state index contributed by atoms with van der Waals surface area (Å²) >= 11 is -0.288. The first-order valence-electron chi connectivity index (χ1n) is 5.78. The summed E-state index contributed by atoms with van der Waals surface area (Å²) in [5, 5.41) is 3.54. The molecule has 1 aromatic rings. The maximum atomic E-state index is 5.78.